The fourth-order valence-corrected chi connectivity index (χ4v) is 2.52. The molecule has 3 N–H and O–H groups in total. The van der Waals surface area contributed by atoms with Crippen LogP contribution in [0.1, 0.15) is 39.5 Å². The normalized spacial score (nSPS) is 13.0. The molecule has 0 saturated heterocycles. The topological polar surface area (TPSA) is 89.3 Å². The fraction of sp³-hybridized carbons (Fsp3) is 0.500. The number of nitrogens with one attached hydrogen (secondary N) is 1. The average molecular weight is 316 g/mol. The third kappa shape index (κ3) is 5.09. The van der Waals surface area contributed by atoms with E-state index in [1.165, 1.54) is 0 Å². The van der Waals surface area contributed by atoms with Crippen molar-refractivity contribution in [2.24, 2.45) is 11.1 Å². The Bertz CT molecular complexity index is 602. The Balaban J connectivity index is 2.93. The lowest BCUT2D eigenvalue weighted by atomic mass is 9.98. The Morgan fingerprint density at radius 3 is 2.57 bits per heavy atom. The molecule has 1 aromatic rings. The Labute approximate surface area is 124 Å². The second kappa shape index (κ2) is 7.51. The molecule has 0 aliphatic carbocycles. The first-order chi connectivity index (χ1) is 9.79. The Hall–Kier alpha value is -1.47. The van der Waals surface area contributed by atoms with Crippen molar-refractivity contribution in [2.75, 3.05) is 5.32 Å². The zero-order valence-corrected chi connectivity index (χ0v) is 13.0. The number of benzene rings is 1. The molecule has 1 aromatic carbocycles. The van der Waals surface area contributed by atoms with Gasteiger partial charge >= 0.3 is 0 Å². The molecule has 1 atom stereocenters. The molecule has 0 aromatic heterocycles. The van der Waals surface area contributed by atoms with Crippen LogP contribution in [0.4, 0.5) is 10.1 Å². The van der Waals surface area contributed by atoms with Crippen molar-refractivity contribution in [2.45, 2.75) is 44.4 Å². The van der Waals surface area contributed by atoms with E-state index < -0.39 is 15.8 Å². The number of carbonyl (C=O) groups excluding carboxylic acids is 1. The number of amides is 1. The maximum Gasteiger partial charge on any atom is 0.238 e. The molecule has 0 fully saturated rings. The van der Waals surface area contributed by atoms with Crippen LogP contribution >= 0.6 is 0 Å². The molecule has 0 aliphatic rings. The second-order valence-electron chi connectivity index (χ2n) is 4.92. The van der Waals surface area contributed by atoms with Gasteiger partial charge in [-0.15, -0.1) is 0 Å². The Morgan fingerprint density at radius 2 is 2.05 bits per heavy atom. The van der Waals surface area contributed by atoms with E-state index in [9.17, 15) is 17.6 Å². The first kappa shape index (κ1) is 17.6. The highest BCUT2D eigenvalue weighted by Gasteiger charge is 2.18. The summed E-state index contributed by atoms with van der Waals surface area (Å²) in [4.78, 5) is 11.9. The lowest BCUT2D eigenvalue weighted by Crippen LogP contribution is -2.23. The highest BCUT2D eigenvalue weighted by molar-refractivity contribution is 7.89. The summed E-state index contributed by atoms with van der Waals surface area (Å²) < 4.78 is 36.2. The van der Waals surface area contributed by atoms with Crippen molar-refractivity contribution in [3.05, 3.63) is 24.0 Å². The van der Waals surface area contributed by atoms with Crippen molar-refractivity contribution in [3.63, 3.8) is 0 Å². The molecular weight excluding hydrogens is 295 g/mol. The average Bonchev–Trinajstić information content (AvgIpc) is 2.41. The van der Waals surface area contributed by atoms with E-state index in [1.807, 2.05) is 13.8 Å². The van der Waals surface area contributed by atoms with Crippen molar-refractivity contribution in [1.29, 1.82) is 0 Å². The van der Waals surface area contributed by atoms with Crippen molar-refractivity contribution in [3.8, 4) is 0 Å². The van der Waals surface area contributed by atoms with Crippen LogP contribution in [-0.2, 0) is 14.8 Å². The van der Waals surface area contributed by atoms with Crippen molar-refractivity contribution < 1.29 is 17.6 Å². The number of carbonyl (C=O) groups is 1. The second-order valence-corrected chi connectivity index (χ2v) is 6.48. The lowest BCUT2D eigenvalue weighted by Gasteiger charge is -2.15. The predicted molar refractivity (Wildman–Crippen MR) is 79.7 cm³/mol. The van der Waals surface area contributed by atoms with Crippen LogP contribution in [0.15, 0.2) is 23.1 Å². The predicted octanol–water partition coefficient (Wildman–Crippen LogP) is 2.63. The highest BCUT2D eigenvalue weighted by Crippen LogP contribution is 2.21. The molecule has 21 heavy (non-hydrogen) atoms. The summed E-state index contributed by atoms with van der Waals surface area (Å²) >= 11 is 0. The summed E-state index contributed by atoms with van der Waals surface area (Å²) in [6.07, 6.45) is 3.24. The largest absolute Gasteiger partial charge is 0.323 e. The molecule has 5 nitrogen and oxygen atoms in total. The molecule has 0 bridgehead atoms. The van der Waals surface area contributed by atoms with Crippen molar-refractivity contribution in [1.82, 2.24) is 0 Å². The lowest BCUT2D eigenvalue weighted by molar-refractivity contribution is -0.120. The molecular formula is C14H21FN2O3S. The SMILES string of the molecule is CCCCC(CC)C(=O)Nc1cc(S(N)(=O)=O)ccc1F. The van der Waals surface area contributed by atoms with E-state index in [2.05, 4.69) is 5.32 Å². The van der Waals surface area contributed by atoms with Gasteiger partial charge in [0.1, 0.15) is 5.82 Å². The minimum atomic E-state index is -3.94. The van der Waals surface area contributed by atoms with E-state index in [0.29, 0.717) is 6.42 Å². The van der Waals surface area contributed by atoms with Gasteiger partial charge in [-0.05, 0) is 31.0 Å². The van der Waals surface area contributed by atoms with E-state index in [1.54, 1.807) is 0 Å². The summed E-state index contributed by atoms with van der Waals surface area (Å²) in [5, 5.41) is 7.44. The number of hydrogen-bond acceptors (Lipinski definition) is 3. The first-order valence-corrected chi connectivity index (χ1v) is 8.47. The van der Waals surface area contributed by atoms with Gasteiger partial charge in [-0.25, -0.2) is 17.9 Å². The molecule has 1 amide bonds. The van der Waals surface area contributed by atoms with Gasteiger partial charge in [0.25, 0.3) is 0 Å². The molecule has 7 heteroatoms. The molecule has 118 valence electrons. The van der Waals surface area contributed by atoms with Crippen LogP contribution in [0.25, 0.3) is 0 Å². The Kier molecular flexibility index (Phi) is 6.29. The molecule has 0 heterocycles. The molecule has 0 aliphatic heterocycles. The molecule has 1 rings (SSSR count). The van der Waals surface area contributed by atoms with Gasteiger partial charge < -0.3 is 5.32 Å². The van der Waals surface area contributed by atoms with Gasteiger partial charge in [0, 0.05) is 5.92 Å². The molecule has 1 unspecified atom stereocenters. The Morgan fingerprint density at radius 1 is 1.38 bits per heavy atom. The summed E-state index contributed by atoms with van der Waals surface area (Å²) in [7, 11) is -3.94. The summed E-state index contributed by atoms with van der Waals surface area (Å²) in [5.41, 5.74) is -0.165. The zero-order valence-electron chi connectivity index (χ0n) is 12.2. The third-order valence-corrected chi connectivity index (χ3v) is 4.20. The maximum absolute atomic E-state index is 13.7. The summed E-state index contributed by atoms with van der Waals surface area (Å²) in [6, 6.07) is 3.08. The van der Waals surface area contributed by atoms with E-state index >= 15 is 0 Å². The third-order valence-electron chi connectivity index (χ3n) is 3.29. The number of hydrogen-bond donors (Lipinski definition) is 2. The van der Waals surface area contributed by atoms with Crippen LogP contribution < -0.4 is 10.5 Å². The van der Waals surface area contributed by atoms with Gasteiger partial charge in [-0.2, -0.15) is 0 Å². The zero-order chi connectivity index (χ0) is 16.0. The monoisotopic (exact) mass is 316 g/mol. The maximum atomic E-state index is 13.7. The van der Waals surface area contributed by atoms with Crippen LogP contribution in [0.3, 0.4) is 0 Å². The molecule has 0 spiro atoms. The molecule has 0 saturated carbocycles. The number of halogens is 1. The number of nitrogens with two attached hydrogens (primary N) is 1. The highest BCUT2D eigenvalue weighted by atomic mass is 32.2. The minimum absolute atomic E-state index is 0.165. The number of anilines is 1. The van der Waals surface area contributed by atoms with Crippen LogP contribution in [0.2, 0.25) is 0 Å². The van der Waals surface area contributed by atoms with E-state index in [0.717, 1.165) is 37.5 Å². The van der Waals surface area contributed by atoms with Crippen LogP contribution in [-0.4, -0.2) is 14.3 Å². The van der Waals surface area contributed by atoms with Gasteiger partial charge in [0.15, 0.2) is 0 Å². The standard InChI is InChI=1S/C14H21FN2O3S/c1-3-5-6-10(4-2)14(18)17-13-9-11(21(16,19)20)7-8-12(13)15/h7-10H,3-6H2,1-2H3,(H,17,18)(H2,16,19,20). The van der Waals surface area contributed by atoms with E-state index in [-0.39, 0.29) is 22.4 Å². The number of primary sulfonamides is 1. The fourth-order valence-electron chi connectivity index (χ4n) is 1.98. The van der Waals surface area contributed by atoms with Gasteiger partial charge in [-0.1, -0.05) is 26.7 Å². The number of unbranched alkanes of at least 4 members (excludes halogenated alkanes) is 1. The minimum Gasteiger partial charge on any atom is -0.323 e. The van der Waals surface area contributed by atoms with Crippen molar-refractivity contribution >= 4 is 21.6 Å². The van der Waals surface area contributed by atoms with Crippen LogP contribution in [0, 0.1) is 11.7 Å². The van der Waals surface area contributed by atoms with Gasteiger partial charge in [0.2, 0.25) is 15.9 Å². The first-order valence-electron chi connectivity index (χ1n) is 6.92. The summed E-state index contributed by atoms with van der Waals surface area (Å²) in [6.45, 7) is 3.91. The summed E-state index contributed by atoms with van der Waals surface area (Å²) in [5.74, 6) is -1.22. The number of sulfonamides is 1. The van der Waals surface area contributed by atoms with Crippen LogP contribution in [0.5, 0.6) is 0 Å². The van der Waals surface area contributed by atoms with Gasteiger partial charge in [-0.3, -0.25) is 4.79 Å². The molecule has 0 radical (unpaired) electrons. The number of rotatable bonds is 7. The van der Waals surface area contributed by atoms with Gasteiger partial charge in [0.05, 0.1) is 10.6 Å². The smallest absolute Gasteiger partial charge is 0.238 e. The van der Waals surface area contributed by atoms with E-state index in [4.69, 9.17) is 5.14 Å². The quantitative estimate of drug-likeness (QED) is 0.810.